The van der Waals surface area contributed by atoms with Gasteiger partial charge in [-0.3, -0.25) is 4.79 Å². The number of hydrogen-bond acceptors (Lipinski definition) is 5. The fourth-order valence-corrected chi connectivity index (χ4v) is 6.51. The highest BCUT2D eigenvalue weighted by atomic mass is 32.1. The van der Waals surface area contributed by atoms with Gasteiger partial charge in [-0.25, -0.2) is 14.5 Å². The molecule has 0 atom stereocenters. The van der Waals surface area contributed by atoms with E-state index in [0.717, 1.165) is 68.6 Å². The highest BCUT2D eigenvalue weighted by molar-refractivity contribution is 7.17. The molecule has 0 fully saturated rings. The summed E-state index contributed by atoms with van der Waals surface area (Å²) >= 11 is 1.71. The molecular weight excluding hydrogens is 456 g/mol. The number of carbonyl (C=O) groups is 1. The molecule has 0 saturated heterocycles. The topological polar surface area (TPSA) is 88.0 Å². The molecule has 1 aliphatic carbocycles. The van der Waals surface area contributed by atoms with Crippen LogP contribution in [0.5, 0.6) is 0 Å². The minimum absolute atomic E-state index is 0.0106. The normalized spacial score (nSPS) is 13.5. The van der Waals surface area contributed by atoms with Gasteiger partial charge in [-0.05, 0) is 76.1 Å². The number of H-pyrrole nitrogens is 1. The van der Waals surface area contributed by atoms with Crippen molar-refractivity contribution in [1.82, 2.24) is 24.6 Å². The van der Waals surface area contributed by atoms with E-state index in [1.54, 1.807) is 11.3 Å². The van der Waals surface area contributed by atoms with Crippen molar-refractivity contribution in [2.45, 2.75) is 59.3 Å². The first kappa shape index (κ1) is 22.0. The van der Waals surface area contributed by atoms with Crippen molar-refractivity contribution in [3.63, 3.8) is 0 Å². The summed E-state index contributed by atoms with van der Waals surface area (Å²) in [6, 6.07) is 10.0. The van der Waals surface area contributed by atoms with Crippen molar-refractivity contribution in [1.29, 1.82) is 0 Å². The highest BCUT2D eigenvalue weighted by Gasteiger charge is 2.25. The molecule has 0 aliphatic heterocycles. The number of anilines is 1. The van der Waals surface area contributed by atoms with Crippen LogP contribution in [0.25, 0.3) is 28.1 Å². The van der Waals surface area contributed by atoms with Crippen LogP contribution in [0.2, 0.25) is 0 Å². The standard InChI is InChI=1S/C27H28N6OS/c1-15-14-23-28-16(2)18(17(3)33(23)32-15)12-13-24(34)31-27-25(19-8-4-7-11-22(19)35-27)26-29-20-9-5-6-10-21(20)30-26/h5-6,9-10,14H,4,7-8,11-13H2,1-3H3,(H,29,30)(H,31,34). The Morgan fingerprint density at radius 3 is 2.83 bits per heavy atom. The number of fused-ring (bicyclic) bond motifs is 3. The predicted octanol–water partition coefficient (Wildman–Crippen LogP) is 5.71. The molecule has 4 aromatic heterocycles. The Labute approximate surface area is 207 Å². The van der Waals surface area contributed by atoms with Gasteiger partial charge in [0.1, 0.15) is 10.8 Å². The SMILES string of the molecule is Cc1cc2nc(C)c(CCC(=O)Nc3sc4c(c3-c3nc5ccccc5[nH]3)CCCC4)c(C)n2n1. The van der Waals surface area contributed by atoms with Crippen LogP contribution < -0.4 is 5.32 Å². The number of carbonyl (C=O) groups excluding carboxylic acids is 1. The van der Waals surface area contributed by atoms with Crippen LogP contribution in [0.3, 0.4) is 0 Å². The second-order valence-corrected chi connectivity index (χ2v) is 10.5. The summed E-state index contributed by atoms with van der Waals surface area (Å²) in [5, 5.41) is 8.70. The van der Waals surface area contributed by atoms with E-state index in [0.29, 0.717) is 12.8 Å². The number of rotatable bonds is 5. The van der Waals surface area contributed by atoms with Crippen molar-refractivity contribution in [2.24, 2.45) is 0 Å². The predicted molar refractivity (Wildman–Crippen MR) is 140 cm³/mol. The van der Waals surface area contributed by atoms with E-state index < -0.39 is 0 Å². The fourth-order valence-electron chi connectivity index (χ4n) is 5.21. The van der Waals surface area contributed by atoms with Crippen LogP contribution in [0.4, 0.5) is 5.00 Å². The average Bonchev–Trinajstić information content (AvgIpc) is 3.52. The van der Waals surface area contributed by atoms with Crippen LogP contribution in [0.15, 0.2) is 30.3 Å². The Morgan fingerprint density at radius 1 is 1.14 bits per heavy atom. The van der Waals surface area contributed by atoms with Gasteiger partial charge in [0.05, 0.1) is 22.3 Å². The molecule has 4 heterocycles. The number of nitrogens with one attached hydrogen (secondary N) is 2. The Bertz CT molecular complexity index is 1560. The molecule has 0 saturated carbocycles. The maximum Gasteiger partial charge on any atom is 0.225 e. The number of para-hydroxylation sites is 2. The second kappa shape index (κ2) is 8.61. The van der Waals surface area contributed by atoms with Crippen molar-refractivity contribution in [3.8, 4) is 11.4 Å². The molecule has 8 heteroatoms. The van der Waals surface area contributed by atoms with Crippen LogP contribution in [-0.4, -0.2) is 30.5 Å². The minimum Gasteiger partial charge on any atom is -0.338 e. The van der Waals surface area contributed by atoms with E-state index in [9.17, 15) is 4.79 Å². The zero-order chi connectivity index (χ0) is 24.1. The molecule has 0 spiro atoms. The first-order chi connectivity index (χ1) is 17.0. The van der Waals surface area contributed by atoms with Gasteiger partial charge in [-0.2, -0.15) is 5.10 Å². The van der Waals surface area contributed by atoms with Crippen molar-refractivity contribution >= 4 is 38.9 Å². The third kappa shape index (κ3) is 3.91. The maximum absolute atomic E-state index is 13.2. The van der Waals surface area contributed by atoms with Gasteiger partial charge >= 0.3 is 0 Å². The van der Waals surface area contributed by atoms with Crippen LogP contribution in [-0.2, 0) is 24.1 Å². The van der Waals surface area contributed by atoms with E-state index in [2.05, 4.69) is 15.4 Å². The van der Waals surface area contributed by atoms with E-state index in [1.165, 1.54) is 23.3 Å². The van der Waals surface area contributed by atoms with Gasteiger partial charge in [0.25, 0.3) is 0 Å². The molecule has 5 aromatic rings. The zero-order valence-electron chi connectivity index (χ0n) is 20.2. The van der Waals surface area contributed by atoms with Gasteiger partial charge in [0.2, 0.25) is 5.91 Å². The summed E-state index contributed by atoms with van der Waals surface area (Å²) in [7, 11) is 0. The summed E-state index contributed by atoms with van der Waals surface area (Å²) < 4.78 is 1.88. The quantitative estimate of drug-likeness (QED) is 0.334. The summed E-state index contributed by atoms with van der Waals surface area (Å²) in [6.45, 7) is 6.03. The Morgan fingerprint density at radius 2 is 1.97 bits per heavy atom. The Balaban J connectivity index is 1.28. The molecule has 6 rings (SSSR count). The van der Waals surface area contributed by atoms with Crippen molar-refractivity contribution in [3.05, 3.63) is 63.4 Å². The van der Waals surface area contributed by atoms with Crippen LogP contribution in [0.1, 0.15) is 52.3 Å². The molecule has 178 valence electrons. The van der Waals surface area contributed by atoms with Gasteiger partial charge in [-0.1, -0.05) is 12.1 Å². The molecule has 0 unspecified atom stereocenters. The summed E-state index contributed by atoms with van der Waals surface area (Å²) in [6.07, 6.45) is 5.47. The smallest absolute Gasteiger partial charge is 0.225 e. The summed E-state index contributed by atoms with van der Waals surface area (Å²) in [4.78, 5) is 27.6. The largest absolute Gasteiger partial charge is 0.338 e. The third-order valence-corrected chi connectivity index (χ3v) is 8.15. The maximum atomic E-state index is 13.2. The Kier molecular flexibility index (Phi) is 5.40. The van der Waals surface area contributed by atoms with Gasteiger partial charge in [-0.15, -0.1) is 11.3 Å². The molecule has 0 radical (unpaired) electrons. The van der Waals surface area contributed by atoms with Gasteiger partial charge in [0.15, 0.2) is 5.65 Å². The lowest BCUT2D eigenvalue weighted by Crippen LogP contribution is -2.14. The molecular formula is C27H28N6OS. The van der Waals surface area contributed by atoms with E-state index in [4.69, 9.17) is 9.97 Å². The monoisotopic (exact) mass is 484 g/mol. The molecule has 1 aliphatic rings. The van der Waals surface area contributed by atoms with Gasteiger partial charge < -0.3 is 10.3 Å². The number of amides is 1. The van der Waals surface area contributed by atoms with Crippen LogP contribution >= 0.6 is 11.3 Å². The summed E-state index contributed by atoms with van der Waals surface area (Å²) in [5.41, 5.74) is 9.23. The fraction of sp³-hybridized carbons (Fsp3) is 0.333. The van der Waals surface area contributed by atoms with E-state index in [1.807, 2.05) is 55.6 Å². The number of thiophene rings is 1. The third-order valence-electron chi connectivity index (χ3n) is 6.94. The first-order valence-corrected chi connectivity index (χ1v) is 13.0. The lowest BCUT2D eigenvalue weighted by atomic mass is 9.95. The molecule has 2 N–H and O–H groups in total. The number of imidazole rings is 1. The number of benzene rings is 1. The molecule has 1 amide bonds. The van der Waals surface area contributed by atoms with E-state index >= 15 is 0 Å². The average molecular weight is 485 g/mol. The van der Waals surface area contributed by atoms with Crippen molar-refractivity contribution in [2.75, 3.05) is 5.32 Å². The number of aromatic nitrogens is 5. The highest BCUT2D eigenvalue weighted by Crippen LogP contribution is 2.43. The minimum atomic E-state index is 0.0106. The van der Waals surface area contributed by atoms with Crippen LogP contribution in [0, 0.1) is 20.8 Å². The zero-order valence-corrected chi connectivity index (χ0v) is 21.1. The van der Waals surface area contributed by atoms with Gasteiger partial charge in [0, 0.05) is 28.8 Å². The number of nitrogens with zero attached hydrogens (tertiary/aromatic N) is 4. The number of hydrogen-bond donors (Lipinski definition) is 2. The second-order valence-electron chi connectivity index (χ2n) is 9.38. The Hall–Kier alpha value is -3.52. The summed E-state index contributed by atoms with van der Waals surface area (Å²) in [5.74, 6) is 0.854. The van der Waals surface area contributed by atoms with Crippen molar-refractivity contribution < 1.29 is 4.79 Å². The first-order valence-electron chi connectivity index (χ1n) is 12.2. The molecule has 35 heavy (non-hydrogen) atoms. The lowest BCUT2D eigenvalue weighted by molar-refractivity contribution is -0.116. The lowest BCUT2D eigenvalue weighted by Gasteiger charge is -2.12. The number of aromatic amines is 1. The van der Waals surface area contributed by atoms with E-state index in [-0.39, 0.29) is 5.91 Å². The molecule has 1 aromatic carbocycles. The number of aryl methyl sites for hydroxylation is 4. The molecule has 7 nitrogen and oxygen atoms in total. The molecule has 0 bridgehead atoms.